The molecular weight excluding hydrogens is 292 g/mol. The zero-order valence-corrected chi connectivity index (χ0v) is 15.6. The molecule has 0 amide bonds. The molecule has 0 aliphatic carbocycles. The highest BCUT2D eigenvalue weighted by molar-refractivity contribution is 4.53. The summed E-state index contributed by atoms with van der Waals surface area (Å²) in [5, 5.41) is 34.6. The lowest BCUT2D eigenvalue weighted by Crippen LogP contribution is -2.10. The Hall–Kier alpha value is -0.160. The third kappa shape index (κ3) is 27.0. The SMILES string of the molecule is CCCCCCCCC(O)CO.CCCCCCCCC(O)O. The monoisotopic (exact) mass is 334 g/mol. The van der Waals surface area contributed by atoms with E-state index in [1.807, 2.05) is 0 Å². The van der Waals surface area contributed by atoms with Crippen molar-refractivity contribution in [3.05, 3.63) is 0 Å². The van der Waals surface area contributed by atoms with Crippen LogP contribution >= 0.6 is 0 Å². The maximum atomic E-state index is 9.01. The summed E-state index contributed by atoms with van der Waals surface area (Å²) in [6.07, 6.45) is 14.3. The first kappa shape index (κ1) is 25.1. The van der Waals surface area contributed by atoms with Crippen molar-refractivity contribution in [1.29, 1.82) is 0 Å². The Bertz CT molecular complexity index is 198. The van der Waals surface area contributed by atoms with E-state index in [0.717, 1.165) is 25.7 Å². The summed E-state index contributed by atoms with van der Waals surface area (Å²) in [6.45, 7) is 4.31. The summed E-state index contributed by atoms with van der Waals surface area (Å²) < 4.78 is 0. The minimum Gasteiger partial charge on any atom is -0.394 e. The summed E-state index contributed by atoms with van der Waals surface area (Å²) in [7, 11) is 0. The fourth-order valence-electron chi connectivity index (χ4n) is 2.36. The molecule has 0 aliphatic heterocycles. The summed E-state index contributed by atoms with van der Waals surface area (Å²) in [5.74, 6) is 0. The van der Waals surface area contributed by atoms with Crippen LogP contribution in [0.5, 0.6) is 0 Å². The molecule has 0 aromatic carbocycles. The van der Waals surface area contributed by atoms with Gasteiger partial charge in [0.15, 0.2) is 6.29 Å². The van der Waals surface area contributed by atoms with Gasteiger partial charge < -0.3 is 20.4 Å². The Balaban J connectivity index is 0. The van der Waals surface area contributed by atoms with E-state index in [1.165, 1.54) is 57.8 Å². The summed E-state index contributed by atoms with van der Waals surface area (Å²) in [5.41, 5.74) is 0. The molecule has 1 atom stereocenters. The van der Waals surface area contributed by atoms with E-state index >= 15 is 0 Å². The second kappa shape index (κ2) is 21.8. The highest BCUT2D eigenvalue weighted by Gasteiger charge is 2.00. The second-order valence-corrected chi connectivity index (χ2v) is 6.43. The second-order valence-electron chi connectivity index (χ2n) is 6.43. The molecule has 0 rings (SSSR count). The molecular formula is C19H42O4. The molecule has 0 bridgehead atoms. The molecule has 0 aromatic heterocycles. The van der Waals surface area contributed by atoms with Crippen LogP contribution in [-0.4, -0.2) is 39.4 Å². The van der Waals surface area contributed by atoms with Crippen molar-refractivity contribution in [3.8, 4) is 0 Å². The van der Waals surface area contributed by atoms with E-state index in [0.29, 0.717) is 6.42 Å². The Morgan fingerprint density at radius 1 is 0.565 bits per heavy atom. The van der Waals surface area contributed by atoms with Gasteiger partial charge in [-0.15, -0.1) is 0 Å². The number of rotatable bonds is 15. The Morgan fingerprint density at radius 2 is 0.957 bits per heavy atom. The number of aliphatic hydroxyl groups is 4. The largest absolute Gasteiger partial charge is 0.394 e. The quantitative estimate of drug-likeness (QED) is 0.268. The van der Waals surface area contributed by atoms with E-state index < -0.39 is 12.4 Å². The maximum absolute atomic E-state index is 9.01. The normalized spacial score (nSPS) is 12.1. The van der Waals surface area contributed by atoms with Crippen molar-refractivity contribution in [2.75, 3.05) is 6.61 Å². The zero-order valence-electron chi connectivity index (χ0n) is 15.6. The lowest BCUT2D eigenvalue weighted by atomic mass is 10.1. The van der Waals surface area contributed by atoms with Gasteiger partial charge >= 0.3 is 0 Å². The maximum Gasteiger partial charge on any atom is 0.151 e. The van der Waals surface area contributed by atoms with Crippen LogP contribution in [0.2, 0.25) is 0 Å². The molecule has 0 saturated carbocycles. The molecule has 1 unspecified atom stereocenters. The van der Waals surface area contributed by atoms with Crippen LogP contribution in [0.25, 0.3) is 0 Å². The Morgan fingerprint density at radius 3 is 1.35 bits per heavy atom. The third-order valence-corrected chi connectivity index (χ3v) is 3.92. The molecule has 0 radical (unpaired) electrons. The topological polar surface area (TPSA) is 80.9 Å². The van der Waals surface area contributed by atoms with Gasteiger partial charge in [0.2, 0.25) is 0 Å². The summed E-state index contributed by atoms with van der Waals surface area (Å²) in [6, 6.07) is 0. The Kier molecular flexibility index (Phi) is 23.8. The lowest BCUT2D eigenvalue weighted by molar-refractivity contribution is -0.0466. The third-order valence-electron chi connectivity index (χ3n) is 3.92. The van der Waals surface area contributed by atoms with Crippen molar-refractivity contribution >= 4 is 0 Å². The first-order valence-electron chi connectivity index (χ1n) is 9.73. The van der Waals surface area contributed by atoms with Gasteiger partial charge in [-0.05, 0) is 19.3 Å². The lowest BCUT2D eigenvalue weighted by Gasteiger charge is -2.05. The average molecular weight is 335 g/mol. The number of unbranched alkanes of at least 4 members (excludes halogenated alkanes) is 10. The van der Waals surface area contributed by atoms with Gasteiger partial charge in [-0.3, -0.25) is 0 Å². The highest BCUT2D eigenvalue weighted by Crippen LogP contribution is 2.08. The van der Waals surface area contributed by atoms with Crippen LogP contribution in [0.3, 0.4) is 0 Å². The van der Waals surface area contributed by atoms with Crippen LogP contribution in [0.1, 0.15) is 104 Å². The molecule has 0 aliphatic rings. The first-order valence-corrected chi connectivity index (χ1v) is 9.73. The molecule has 4 heteroatoms. The number of hydrogen-bond donors (Lipinski definition) is 4. The van der Waals surface area contributed by atoms with E-state index in [-0.39, 0.29) is 6.61 Å². The van der Waals surface area contributed by atoms with E-state index in [4.69, 9.17) is 20.4 Å². The molecule has 142 valence electrons. The van der Waals surface area contributed by atoms with E-state index in [2.05, 4.69) is 13.8 Å². The molecule has 4 nitrogen and oxygen atoms in total. The Labute approximate surface area is 143 Å². The predicted molar refractivity (Wildman–Crippen MR) is 97.3 cm³/mol. The van der Waals surface area contributed by atoms with Crippen molar-refractivity contribution in [2.24, 2.45) is 0 Å². The van der Waals surface area contributed by atoms with E-state index in [9.17, 15) is 0 Å². The minimum atomic E-state index is -1.10. The van der Waals surface area contributed by atoms with Crippen LogP contribution in [0.15, 0.2) is 0 Å². The van der Waals surface area contributed by atoms with Gasteiger partial charge in [-0.2, -0.15) is 0 Å². The minimum absolute atomic E-state index is 0.0883. The van der Waals surface area contributed by atoms with Crippen molar-refractivity contribution < 1.29 is 20.4 Å². The van der Waals surface area contributed by atoms with E-state index in [1.54, 1.807) is 0 Å². The smallest absolute Gasteiger partial charge is 0.151 e. The molecule has 0 heterocycles. The molecule has 0 aromatic rings. The molecule has 23 heavy (non-hydrogen) atoms. The summed E-state index contributed by atoms with van der Waals surface area (Å²) >= 11 is 0. The van der Waals surface area contributed by atoms with Crippen LogP contribution < -0.4 is 0 Å². The van der Waals surface area contributed by atoms with Gasteiger partial charge in [-0.25, -0.2) is 0 Å². The van der Waals surface area contributed by atoms with Gasteiger partial charge in [0.05, 0.1) is 12.7 Å². The first-order chi connectivity index (χ1) is 11.1. The van der Waals surface area contributed by atoms with Crippen molar-refractivity contribution in [2.45, 2.75) is 116 Å². The molecule has 0 spiro atoms. The number of aliphatic hydroxyl groups excluding tert-OH is 3. The van der Waals surface area contributed by atoms with Crippen LogP contribution in [0.4, 0.5) is 0 Å². The zero-order chi connectivity index (χ0) is 17.8. The molecule has 4 N–H and O–H groups in total. The number of hydrogen-bond acceptors (Lipinski definition) is 4. The fourth-order valence-corrected chi connectivity index (χ4v) is 2.36. The van der Waals surface area contributed by atoms with Crippen molar-refractivity contribution in [3.63, 3.8) is 0 Å². The highest BCUT2D eigenvalue weighted by atomic mass is 16.5. The fraction of sp³-hybridized carbons (Fsp3) is 1.00. The predicted octanol–water partition coefficient (Wildman–Crippen LogP) is 4.14. The standard InChI is InChI=1S/C10H22O2.C9H20O2/c1-2-3-4-5-6-7-8-10(12)9-11;1-2-3-4-5-6-7-8-9(10)11/h10-12H,2-9H2,1H3;9-11H,2-8H2,1H3. The van der Waals surface area contributed by atoms with Crippen LogP contribution in [-0.2, 0) is 0 Å². The molecule has 0 saturated heterocycles. The van der Waals surface area contributed by atoms with Gasteiger partial charge in [0.25, 0.3) is 0 Å². The molecule has 0 fully saturated rings. The van der Waals surface area contributed by atoms with Crippen LogP contribution in [0, 0.1) is 0 Å². The van der Waals surface area contributed by atoms with Gasteiger partial charge in [0.1, 0.15) is 0 Å². The van der Waals surface area contributed by atoms with Gasteiger partial charge in [-0.1, -0.05) is 84.5 Å². The average Bonchev–Trinajstić information content (AvgIpc) is 2.54. The van der Waals surface area contributed by atoms with Crippen molar-refractivity contribution in [1.82, 2.24) is 0 Å². The summed E-state index contributed by atoms with van der Waals surface area (Å²) in [4.78, 5) is 0. The van der Waals surface area contributed by atoms with Gasteiger partial charge in [0, 0.05) is 0 Å².